The average molecular weight is 376 g/mol. The second-order valence-electron chi connectivity index (χ2n) is 7.21. The molecule has 0 aliphatic carbocycles. The molecule has 1 unspecified atom stereocenters. The van der Waals surface area contributed by atoms with E-state index in [0.29, 0.717) is 29.6 Å². The quantitative estimate of drug-likeness (QED) is 0.685. The molecule has 1 amide bonds. The number of amides is 1. The van der Waals surface area contributed by atoms with Crippen molar-refractivity contribution in [1.29, 1.82) is 0 Å². The van der Waals surface area contributed by atoms with E-state index in [-0.39, 0.29) is 19.3 Å². The van der Waals surface area contributed by atoms with Crippen molar-refractivity contribution < 1.29 is 23.5 Å². The highest BCUT2D eigenvalue weighted by atomic mass is 16.7. The van der Waals surface area contributed by atoms with E-state index in [1.807, 2.05) is 43.3 Å². The molecule has 0 radical (unpaired) electrons. The SMILES string of the molecule is Cc1oncc1CN1C(=O)C2(COc3cc4c(cc32)OCO4)c2ccccc21. The first kappa shape index (κ1) is 15.6. The summed E-state index contributed by atoms with van der Waals surface area (Å²) >= 11 is 0. The molecule has 140 valence electrons. The van der Waals surface area contributed by atoms with Gasteiger partial charge in [-0.3, -0.25) is 4.79 Å². The second kappa shape index (κ2) is 5.28. The largest absolute Gasteiger partial charge is 0.491 e. The van der Waals surface area contributed by atoms with Crippen LogP contribution in [0.3, 0.4) is 0 Å². The van der Waals surface area contributed by atoms with Gasteiger partial charge in [0.1, 0.15) is 23.5 Å². The highest BCUT2D eigenvalue weighted by Gasteiger charge is 2.57. The standard InChI is InChI=1S/C21H16N2O5/c1-12-13(8-22-28-12)9-23-16-5-3-2-4-14(16)21(20(23)24)10-25-17-7-19-18(6-15(17)21)26-11-27-19/h2-8H,9-11H2,1H3. The smallest absolute Gasteiger partial charge is 0.246 e. The zero-order chi connectivity index (χ0) is 18.9. The number of hydrogen-bond acceptors (Lipinski definition) is 6. The zero-order valence-electron chi connectivity index (χ0n) is 15.1. The van der Waals surface area contributed by atoms with Gasteiger partial charge < -0.3 is 23.6 Å². The van der Waals surface area contributed by atoms with Gasteiger partial charge in [0.2, 0.25) is 12.7 Å². The molecule has 3 aliphatic rings. The minimum Gasteiger partial charge on any atom is -0.491 e. The molecule has 6 rings (SSSR count). The van der Waals surface area contributed by atoms with Gasteiger partial charge in [-0.05, 0) is 24.6 Å². The summed E-state index contributed by atoms with van der Waals surface area (Å²) in [6, 6.07) is 11.6. The average Bonchev–Trinajstić information content (AvgIpc) is 3.46. The molecule has 0 saturated heterocycles. The number of benzene rings is 2. The lowest BCUT2D eigenvalue weighted by Gasteiger charge is -2.23. The third kappa shape index (κ3) is 1.83. The van der Waals surface area contributed by atoms with Crippen LogP contribution in [0.2, 0.25) is 0 Å². The predicted octanol–water partition coefficient (Wildman–Crippen LogP) is 2.94. The minimum atomic E-state index is -0.891. The Morgan fingerprint density at radius 2 is 1.89 bits per heavy atom. The topological polar surface area (TPSA) is 74.0 Å². The molecule has 1 aromatic heterocycles. The van der Waals surface area contributed by atoms with Crippen LogP contribution in [0.25, 0.3) is 0 Å². The highest BCUT2D eigenvalue weighted by Crippen LogP contribution is 2.55. The van der Waals surface area contributed by atoms with Crippen molar-refractivity contribution in [1.82, 2.24) is 5.16 Å². The number of hydrogen-bond donors (Lipinski definition) is 0. The normalized spacial score (nSPS) is 21.2. The first-order chi connectivity index (χ1) is 13.7. The fourth-order valence-electron chi connectivity index (χ4n) is 4.36. The Hall–Kier alpha value is -3.48. The van der Waals surface area contributed by atoms with E-state index < -0.39 is 5.41 Å². The van der Waals surface area contributed by atoms with Crippen LogP contribution in [0.5, 0.6) is 17.2 Å². The number of ether oxygens (including phenoxy) is 3. The summed E-state index contributed by atoms with van der Waals surface area (Å²) in [7, 11) is 0. The Morgan fingerprint density at radius 3 is 2.71 bits per heavy atom. The van der Waals surface area contributed by atoms with Crippen LogP contribution in [0.15, 0.2) is 47.1 Å². The zero-order valence-corrected chi connectivity index (χ0v) is 15.1. The van der Waals surface area contributed by atoms with Crippen LogP contribution in [0.1, 0.15) is 22.5 Å². The number of para-hydroxylation sites is 1. The summed E-state index contributed by atoms with van der Waals surface area (Å²) in [4.78, 5) is 15.6. The van der Waals surface area contributed by atoms with Gasteiger partial charge in [0.15, 0.2) is 11.5 Å². The molecular weight excluding hydrogens is 360 g/mol. The predicted molar refractivity (Wildman–Crippen MR) is 97.7 cm³/mol. The number of aromatic nitrogens is 1. The monoisotopic (exact) mass is 376 g/mol. The van der Waals surface area contributed by atoms with Crippen molar-refractivity contribution in [2.24, 2.45) is 0 Å². The molecule has 7 heteroatoms. The van der Waals surface area contributed by atoms with Crippen LogP contribution in [0.4, 0.5) is 5.69 Å². The lowest BCUT2D eigenvalue weighted by molar-refractivity contribution is -0.122. The first-order valence-corrected chi connectivity index (χ1v) is 9.07. The summed E-state index contributed by atoms with van der Waals surface area (Å²) in [6.07, 6.45) is 1.66. The maximum atomic E-state index is 13.8. The fourth-order valence-corrected chi connectivity index (χ4v) is 4.36. The molecule has 28 heavy (non-hydrogen) atoms. The van der Waals surface area contributed by atoms with E-state index in [1.54, 1.807) is 11.1 Å². The van der Waals surface area contributed by atoms with Crippen molar-refractivity contribution in [3.05, 3.63) is 65.0 Å². The summed E-state index contributed by atoms with van der Waals surface area (Å²) in [6.45, 7) is 2.67. The van der Waals surface area contributed by atoms with Gasteiger partial charge in [0.25, 0.3) is 0 Å². The van der Waals surface area contributed by atoms with Crippen molar-refractivity contribution in [3.8, 4) is 17.2 Å². The van der Waals surface area contributed by atoms with Gasteiger partial charge in [-0.2, -0.15) is 0 Å². The van der Waals surface area contributed by atoms with Crippen molar-refractivity contribution >= 4 is 11.6 Å². The molecule has 0 saturated carbocycles. The molecule has 0 bridgehead atoms. The maximum absolute atomic E-state index is 13.8. The highest BCUT2D eigenvalue weighted by molar-refractivity contribution is 6.11. The van der Waals surface area contributed by atoms with Crippen LogP contribution in [-0.2, 0) is 16.8 Å². The third-order valence-corrected chi connectivity index (χ3v) is 5.82. The number of anilines is 1. The fraction of sp³-hybridized carbons (Fsp3) is 0.238. The number of carbonyl (C=O) groups is 1. The van der Waals surface area contributed by atoms with Crippen molar-refractivity contribution in [2.75, 3.05) is 18.3 Å². The first-order valence-electron chi connectivity index (χ1n) is 9.07. The molecule has 0 fully saturated rings. The lowest BCUT2D eigenvalue weighted by atomic mass is 9.77. The molecule has 1 spiro atoms. The van der Waals surface area contributed by atoms with E-state index in [0.717, 1.165) is 22.4 Å². The summed E-state index contributed by atoms with van der Waals surface area (Å²) < 4.78 is 22.2. The van der Waals surface area contributed by atoms with Crippen LogP contribution in [-0.4, -0.2) is 24.5 Å². The van der Waals surface area contributed by atoms with E-state index in [9.17, 15) is 4.79 Å². The molecule has 2 aromatic carbocycles. The van der Waals surface area contributed by atoms with Gasteiger partial charge in [0, 0.05) is 22.9 Å². The van der Waals surface area contributed by atoms with Gasteiger partial charge in [-0.1, -0.05) is 23.4 Å². The van der Waals surface area contributed by atoms with Crippen molar-refractivity contribution in [3.63, 3.8) is 0 Å². The van der Waals surface area contributed by atoms with Gasteiger partial charge in [0.05, 0.1) is 12.7 Å². The Bertz CT molecular complexity index is 1140. The molecular formula is C21H16N2O5. The second-order valence-corrected chi connectivity index (χ2v) is 7.21. The minimum absolute atomic E-state index is 0.0214. The Kier molecular flexibility index (Phi) is 2.94. The van der Waals surface area contributed by atoms with E-state index in [2.05, 4.69) is 5.16 Å². The van der Waals surface area contributed by atoms with E-state index in [1.165, 1.54) is 0 Å². The lowest BCUT2D eigenvalue weighted by Crippen LogP contribution is -2.42. The van der Waals surface area contributed by atoms with E-state index in [4.69, 9.17) is 18.7 Å². The number of rotatable bonds is 2. The maximum Gasteiger partial charge on any atom is 0.246 e. The molecule has 7 nitrogen and oxygen atoms in total. The van der Waals surface area contributed by atoms with Crippen LogP contribution < -0.4 is 19.1 Å². The van der Waals surface area contributed by atoms with Crippen molar-refractivity contribution in [2.45, 2.75) is 18.9 Å². The van der Waals surface area contributed by atoms with Gasteiger partial charge in [-0.25, -0.2) is 0 Å². The number of nitrogens with zero attached hydrogens (tertiary/aromatic N) is 2. The number of carbonyl (C=O) groups excluding carboxylic acids is 1. The number of aryl methyl sites for hydroxylation is 1. The molecule has 3 aromatic rings. The molecule has 4 heterocycles. The van der Waals surface area contributed by atoms with Gasteiger partial charge >= 0.3 is 0 Å². The molecule has 3 aliphatic heterocycles. The molecule has 0 N–H and O–H groups in total. The summed E-state index contributed by atoms with van der Waals surface area (Å²) in [5.41, 5.74) is 2.62. The van der Waals surface area contributed by atoms with Gasteiger partial charge in [-0.15, -0.1) is 0 Å². The summed E-state index contributed by atoms with van der Waals surface area (Å²) in [5.74, 6) is 2.63. The Morgan fingerprint density at radius 1 is 1.07 bits per heavy atom. The third-order valence-electron chi connectivity index (χ3n) is 5.82. The van der Waals surface area contributed by atoms with E-state index >= 15 is 0 Å². The Labute approximate surface area is 160 Å². The van der Waals surface area contributed by atoms with Crippen LogP contribution >= 0.6 is 0 Å². The number of fused-ring (bicyclic) bond motifs is 5. The van der Waals surface area contributed by atoms with Crippen LogP contribution in [0, 0.1) is 6.92 Å². The Balaban J connectivity index is 1.53. The molecule has 1 atom stereocenters. The summed E-state index contributed by atoms with van der Waals surface area (Å²) in [5, 5.41) is 3.84.